The topological polar surface area (TPSA) is 63.9 Å². The maximum Gasteiger partial charge on any atom is 0.343 e. The molecule has 33 heavy (non-hydrogen) atoms. The summed E-state index contributed by atoms with van der Waals surface area (Å²) in [4.78, 5) is 12.4. The number of nitrogens with zero attached hydrogens (tertiary/aromatic N) is 1. The Labute approximate surface area is 190 Å². The van der Waals surface area contributed by atoms with Crippen LogP contribution in [0.2, 0.25) is 0 Å². The summed E-state index contributed by atoms with van der Waals surface area (Å²) in [5.41, 5.74) is 6.85. The van der Waals surface area contributed by atoms with Crippen LogP contribution in [0, 0.1) is 0 Å². The van der Waals surface area contributed by atoms with Crippen molar-refractivity contribution in [2.45, 2.75) is 12.3 Å². The Kier molecular flexibility index (Phi) is 4.70. The second-order valence-electron chi connectivity index (χ2n) is 7.85. The minimum atomic E-state index is -0.389. The van der Waals surface area contributed by atoms with Crippen molar-refractivity contribution in [3.63, 3.8) is 0 Å². The van der Waals surface area contributed by atoms with Crippen molar-refractivity contribution in [2.75, 3.05) is 0 Å². The van der Waals surface area contributed by atoms with E-state index in [0.717, 1.165) is 28.3 Å². The predicted molar refractivity (Wildman–Crippen MR) is 122 cm³/mol. The van der Waals surface area contributed by atoms with Crippen molar-refractivity contribution in [2.24, 2.45) is 0 Å². The highest BCUT2D eigenvalue weighted by atomic mass is 16.5. The van der Waals surface area contributed by atoms with E-state index < -0.39 is 0 Å². The number of hydrogen-bond acceptors (Lipinski definition) is 6. The highest BCUT2D eigenvalue weighted by molar-refractivity contribution is 5.90. The van der Waals surface area contributed by atoms with Gasteiger partial charge in [-0.15, -0.1) is 0 Å². The molecule has 0 radical (unpaired) electrons. The Morgan fingerprint density at radius 3 is 2.45 bits per heavy atom. The van der Waals surface area contributed by atoms with E-state index in [-0.39, 0.29) is 18.2 Å². The number of ether oxygens (including phenoxy) is 2. The molecule has 1 N–H and O–H groups in total. The van der Waals surface area contributed by atoms with E-state index >= 15 is 0 Å². The molecule has 0 fully saturated rings. The molecule has 0 spiro atoms. The SMILES string of the molecule is O=C(Oc1ccc(C2Oc3ccccc3C3C=C(c4ccco4)NN32)cc1)c1ccccc1. The first kappa shape index (κ1) is 19.4. The first-order valence-corrected chi connectivity index (χ1v) is 10.7. The second-order valence-corrected chi connectivity index (χ2v) is 7.85. The number of hydrazine groups is 1. The third-order valence-electron chi connectivity index (χ3n) is 5.77. The first-order chi connectivity index (χ1) is 16.3. The van der Waals surface area contributed by atoms with E-state index in [1.165, 1.54) is 0 Å². The Morgan fingerprint density at radius 2 is 1.67 bits per heavy atom. The average Bonchev–Trinajstić information content (AvgIpc) is 3.55. The number of rotatable bonds is 4. The lowest BCUT2D eigenvalue weighted by atomic mass is 10.0. The summed E-state index contributed by atoms with van der Waals surface area (Å²) >= 11 is 0. The van der Waals surface area contributed by atoms with Crippen LogP contribution in [0.5, 0.6) is 11.5 Å². The van der Waals surface area contributed by atoms with Gasteiger partial charge in [0.15, 0.2) is 12.0 Å². The molecule has 4 aromatic rings. The van der Waals surface area contributed by atoms with Crippen molar-refractivity contribution in [3.8, 4) is 11.5 Å². The van der Waals surface area contributed by atoms with Crippen molar-refractivity contribution in [3.05, 3.63) is 126 Å². The molecule has 2 atom stereocenters. The normalized spacial score (nSPS) is 19.0. The van der Waals surface area contributed by atoms with Gasteiger partial charge in [-0.25, -0.2) is 4.79 Å². The maximum atomic E-state index is 12.4. The van der Waals surface area contributed by atoms with Gasteiger partial charge in [-0.3, -0.25) is 0 Å². The number of benzene rings is 3. The van der Waals surface area contributed by atoms with Crippen LogP contribution in [0.25, 0.3) is 5.70 Å². The molecule has 1 aromatic heterocycles. The van der Waals surface area contributed by atoms with E-state index in [0.29, 0.717) is 11.3 Å². The summed E-state index contributed by atoms with van der Waals surface area (Å²) in [6.07, 6.45) is 3.42. The fourth-order valence-corrected chi connectivity index (χ4v) is 4.18. The van der Waals surface area contributed by atoms with Crippen molar-refractivity contribution < 1.29 is 18.7 Å². The summed E-state index contributed by atoms with van der Waals surface area (Å²) in [5.74, 6) is 1.69. The summed E-state index contributed by atoms with van der Waals surface area (Å²) < 4.78 is 17.5. The van der Waals surface area contributed by atoms with Gasteiger partial charge in [0.25, 0.3) is 0 Å². The van der Waals surface area contributed by atoms with Crippen molar-refractivity contribution in [1.82, 2.24) is 10.4 Å². The Morgan fingerprint density at radius 1 is 0.879 bits per heavy atom. The summed E-state index contributed by atoms with van der Waals surface area (Å²) in [7, 11) is 0. The molecule has 0 aliphatic carbocycles. The Hall–Kier alpha value is -4.29. The number of furan rings is 1. The molecule has 2 aliphatic heterocycles. The smallest absolute Gasteiger partial charge is 0.343 e. The molecule has 0 saturated carbocycles. The van der Waals surface area contributed by atoms with Crippen molar-refractivity contribution in [1.29, 1.82) is 0 Å². The number of para-hydroxylation sites is 1. The summed E-state index contributed by atoms with van der Waals surface area (Å²) in [6, 6.07) is 28.1. The first-order valence-electron chi connectivity index (χ1n) is 10.7. The third-order valence-corrected chi connectivity index (χ3v) is 5.77. The third kappa shape index (κ3) is 3.56. The fraction of sp³-hybridized carbons (Fsp3) is 0.0741. The second kappa shape index (κ2) is 8.00. The van der Waals surface area contributed by atoms with Crippen LogP contribution in [0.3, 0.4) is 0 Å². The molecule has 2 unspecified atom stereocenters. The fourth-order valence-electron chi connectivity index (χ4n) is 4.18. The largest absolute Gasteiger partial charge is 0.469 e. The van der Waals surface area contributed by atoms with Gasteiger partial charge in [0.05, 0.1) is 23.6 Å². The molecular formula is C27H20N2O4. The molecule has 3 aromatic carbocycles. The van der Waals surface area contributed by atoms with E-state index in [2.05, 4.69) is 22.6 Å². The number of esters is 1. The lowest BCUT2D eigenvalue weighted by Crippen LogP contribution is -2.43. The van der Waals surface area contributed by atoms with Crippen LogP contribution in [0.15, 0.2) is 108 Å². The van der Waals surface area contributed by atoms with Gasteiger partial charge in [-0.1, -0.05) is 48.5 Å². The van der Waals surface area contributed by atoms with Gasteiger partial charge < -0.3 is 19.3 Å². The van der Waals surface area contributed by atoms with Gasteiger partial charge in [0.1, 0.15) is 11.5 Å². The summed E-state index contributed by atoms with van der Waals surface area (Å²) in [6.45, 7) is 0. The van der Waals surface area contributed by atoms with Crippen LogP contribution in [0.1, 0.15) is 39.5 Å². The van der Waals surface area contributed by atoms with E-state index in [4.69, 9.17) is 13.9 Å². The number of carbonyl (C=O) groups excluding carboxylic acids is 1. The number of nitrogens with one attached hydrogen (secondary N) is 1. The van der Waals surface area contributed by atoms with Crippen LogP contribution >= 0.6 is 0 Å². The van der Waals surface area contributed by atoms with Crippen molar-refractivity contribution >= 4 is 11.7 Å². The zero-order valence-corrected chi connectivity index (χ0v) is 17.5. The minimum absolute atomic E-state index is 0.0179. The highest BCUT2D eigenvalue weighted by Crippen LogP contribution is 2.45. The van der Waals surface area contributed by atoms with E-state index in [9.17, 15) is 4.79 Å². The van der Waals surface area contributed by atoms with Crippen LogP contribution in [0.4, 0.5) is 0 Å². The van der Waals surface area contributed by atoms with Gasteiger partial charge in [0, 0.05) is 11.1 Å². The van der Waals surface area contributed by atoms with Gasteiger partial charge in [-0.05, 0) is 48.5 Å². The molecule has 0 saturated heterocycles. The Balaban J connectivity index is 1.27. The van der Waals surface area contributed by atoms with E-state index in [1.54, 1.807) is 30.5 Å². The molecule has 6 rings (SSSR count). The van der Waals surface area contributed by atoms with Crippen LogP contribution < -0.4 is 14.9 Å². The predicted octanol–water partition coefficient (Wildman–Crippen LogP) is 5.49. The molecular weight excluding hydrogens is 416 g/mol. The number of carbonyl (C=O) groups is 1. The molecule has 0 bridgehead atoms. The Bertz CT molecular complexity index is 1310. The highest BCUT2D eigenvalue weighted by Gasteiger charge is 2.40. The molecule has 6 heteroatoms. The average molecular weight is 436 g/mol. The molecule has 0 amide bonds. The lowest BCUT2D eigenvalue weighted by molar-refractivity contribution is -0.0328. The van der Waals surface area contributed by atoms with Gasteiger partial charge >= 0.3 is 5.97 Å². The molecule has 2 aliphatic rings. The zero-order valence-electron chi connectivity index (χ0n) is 17.5. The minimum Gasteiger partial charge on any atom is -0.469 e. The van der Waals surface area contributed by atoms with Crippen LogP contribution in [-0.4, -0.2) is 11.0 Å². The molecule has 6 nitrogen and oxygen atoms in total. The van der Waals surface area contributed by atoms with Crippen LogP contribution in [-0.2, 0) is 0 Å². The molecule has 162 valence electrons. The zero-order chi connectivity index (χ0) is 22.2. The number of hydrogen-bond donors (Lipinski definition) is 1. The van der Waals surface area contributed by atoms with E-state index in [1.807, 2.05) is 60.7 Å². The monoisotopic (exact) mass is 436 g/mol. The lowest BCUT2D eigenvalue weighted by Gasteiger charge is -2.38. The maximum absolute atomic E-state index is 12.4. The van der Waals surface area contributed by atoms with Gasteiger partial charge in [-0.2, -0.15) is 5.01 Å². The summed E-state index contributed by atoms with van der Waals surface area (Å²) in [5, 5.41) is 2.06. The number of fused-ring (bicyclic) bond motifs is 3. The van der Waals surface area contributed by atoms with Gasteiger partial charge in [0.2, 0.25) is 0 Å². The standard InChI is InChI=1S/C27H20N2O4/c30-27(19-7-2-1-3-8-19)32-20-14-12-18(13-15-20)26-29-23(21-9-4-5-10-24(21)33-26)17-22(28-29)25-11-6-16-31-25/h1-17,23,26,28H. The quantitative estimate of drug-likeness (QED) is 0.337. The molecule has 3 heterocycles.